The Kier molecular flexibility index (Phi) is 4.12. The highest BCUT2D eigenvalue weighted by Crippen LogP contribution is 2.19. The zero-order chi connectivity index (χ0) is 12.0. The molecule has 0 aliphatic rings. The van der Waals surface area contributed by atoms with Crippen molar-refractivity contribution in [3.63, 3.8) is 0 Å². The van der Waals surface area contributed by atoms with Crippen LogP contribution in [0.5, 0.6) is 0 Å². The summed E-state index contributed by atoms with van der Waals surface area (Å²) in [6.45, 7) is 1.55. The summed E-state index contributed by atoms with van der Waals surface area (Å²) in [7, 11) is 0. The summed E-state index contributed by atoms with van der Waals surface area (Å²) in [4.78, 5) is 12.8. The van der Waals surface area contributed by atoms with Crippen molar-refractivity contribution in [2.24, 2.45) is 0 Å². The number of amides is 1. The van der Waals surface area contributed by atoms with E-state index in [1.54, 1.807) is 12.1 Å². The third-order valence-electron chi connectivity index (χ3n) is 2.22. The molecule has 1 aromatic carbocycles. The van der Waals surface area contributed by atoms with Crippen LogP contribution >= 0.6 is 0 Å². The summed E-state index contributed by atoms with van der Waals surface area (Å²) in [5, 5.41) is 9.11. The minimum atomic E-state index is -0.616. The lowest BCUT2D eigenvalue weighted by atomic mass is 10.1. The average Bonchev–Trinajstić information content (AvgIpc) is 2.30. The van der Waals surface area contributed by atoms with Gasteiger partial charge in [-0.05, 0) is 5.56 Å². The highest BCUT2D eigenvalue weighted by molar-refractivity contribution is 5.74. The van der Waals surface area contributed by atoms with Gasteiger partial charge in [-0.15, -0.1) is 6.42 Å². The van der Waals surface area contributed by atoms with Gasteiger partial charge in [0.2, 0.25) is 5.91 Å². The second kappa shape index (κ2) is 5.58. The van der Waals surface area contributed by atoms with Crippen LogP contribution in [0, 0.1) is 23.7 Å². The second-order valence-electron chi connectivity index (χ2n) is 3.29. The van der Waals surface area contributed by atoms with Crippen molar-refractivity contribution in [3.05, 3.63) is 35.9 Å². The first kappa shape index (κ1) is 11.8. The molecule has 0 aromatic heterocycles. The van der Waals surface area contributed by atoms with Gasteiger partial charge in [-0.25, -0.2) is 0 Å². The molecule has 80 valence electrons. The molecule has 0 heterocycles. The van der Waals surface area contributed by atoms with Crippen LogP contribution in [-0.2, 0) is 4.79 Å². The van der Waals surface area contributed by atoms with E-state index in [0.29, 0.717) is 0 Å². The number of rotatable bonds is 3. The summed E-state index contributed by atoms with van der Waals surface area (Å²) >= 11 is 0. The van der Waals surface area contributed by atoms with Crippen molar-refractivity contribution in [2.45, 2.75) is 13.0 Å². The van der Waals surface area contributed by atoms with E-state index in [2.05, 4.69) is 12.0 Å². The maximum Gasteiger partial charge on any atom is 0.221 e. The fourth-order valence-electron chi connectivity index (χ4n) is 1.44. The summed E-state index contributed by atoms with van der Waals surface area (Å²) in [6.07, 6.45) is 5.18. The quantitative estimate of drug-likeness (QED) is 0.716. The third-order valence-corrected chi connectivity index (χ3v) is 2.22. The molecule has 1 amide bonds. The predicted octanol–water partition coefficient (Wildman–Crippen LogP) is 1.73. The fraction of sp³-hybridized carbons (Fsp3) is 0.231. The van der Waals surface area contributed by atoms with Crippen LogP contribution in [0.3, 0.4) is 0 Å². The lowest BCUT2D eigenvalue weighted by molar-refractivity contribution is -0.129. The number of terminal acetylenes is 1. The van der Waals surface area contributed by atoms with Crippen LogP contribution in [0.2, 0.25) is 0 Å². The summed E-state index contributed by atoms with van der Waals surface area (Å²) < 4.78 is 0. The molecule has 0 spiro atoms. The molecular weight excluding hydrogens is 200 g/mol. The summed E-state index contributed by atoms with van der Waals surface area (Å²) in [5.74, 6) is 2.19. The minimum Gasteiger partial charge on any atom is -0.312 e. The normalized spacial score (nSPS) is 10.9. The number of carbonyl (C=O) groups excluding carboxylic acids is 1. The highest BCUT2D eigenvalue weighted by Gasteiger charge is 2.21. The second-order valence-corrected chi connectivity index (χ2v) is 3.29. The van der Waals surface area contributed by atoms with Gasteiger partial charge in [-0.1, -0.05) is 36.3 Å². The molecule has 3 heteroatoms. The van der Waals surface area contributed by atoms with Gasteiger partial charge in [0.1, 0.15) is 6.04 Å². The first-order valence-corrected chi connectivity index (χ1v) is 4.86. The molecule has 0 saturated heterocycles. The lowest BCUT2D eigenvalue weighted by Crippen LogP contribution is -2.32. The monoisotopic (exact) mass is 212 g/mol. The molecule has 0 radical (unpaired) electrons. The fourth-order valence-corrected chi connectivity index (χ4v) is 1.44. The maximum atomic E-state index is 11.4. The van der Waals surface area contributed by atoms with Gasteiger partial charge >= 0.3 is 0 Å². The molecule has 1 aromatic rings. The molecule has 3 nitrogen and oxygen atoms in total. The Bertz CT molecular complexity index is 439. The molecule has 0 fully saturated rings. The summed E-state index contributed by atoms with van der Waals surface area (Å²) in [5.41, 5.74) is 0.774. The Balaban J connectivity index is 3.03. The number of nitrogens with zero attached hydrogens (tertiary/aromatic N) is 2. The molecule has 0 saturated carbocycles. The van der Waals surface area contributed by atoms with Gasteiger partial charge in [-0.3, -0.25) is 4.79 Å². The summed E-state index contributed by atoms with van der Waals surface area (Å²) in [6, 6.07) is 10.6. The highest BCUT2D eigenvalue weighted by atomic mass is 16.2. The van der Waals surface area contributed by atoms with Gasteiger partial charge in [0.25, 0.3) is 0 Å². The van der Waals surface area contributed by atoms with Crippen molar-refractivity contribution < 1.29 is 4.79 Å². The largest absolute Gasteiger partial charge is 0.312 e. The number of hydrogen-bond donors (Lipinski definition) is 0. The Morgan fingerprint density at radius 3 is 2.56 bits per heavy atom. The van der Waals surface area contributed by atoms with Crippen LogP contribution in [0.25, 0.3) is 0 Å². The SMILES string of the molecule is C#CCN(C(C)=O)C(C#N)c1ccccc1. The van der Waals surface area contributed by atoms with Crippen molar-refractivity contribution in [1.82, 2.24) is 4.90 Å². The number of carbonyl (C=O) groups is 1. The van der Waals surface area contributed by atoms with E-state index in [1.807, 2.05) is 18.2 Å². The molecule has 0 aliphatic carbocycles. The molecule has 0 bridgehead atoms. The molecule has 1 unspecified atom stereocenters. The first-order valence-electron chi connectivity index (χ1n) is 4.86. The molecule has 1 rings (SSSR count). The standard InChI is InChI=1S/C13H12N2O/c1-3-9-15(11(2)16)13(10-14)12-7-5-4-6-8-12/h1,4-8,13H,9H2,2H3. The Hall–Kier alpha value is -2.26. The lowest BCUT2D eigenvalue weighted by Gasteiger charge is -2.24. The predicted molar refractivity (Wildman–Crippen MR) is 61.0 cm³/mol. The number of nitriles is 1. The Morgan fingerprint density at radius 1 is 1.50 bits per heavy atom. The van der Waals surface area contributed by atoms with E-state index in [1.165, 1.54) is 11.8 Å². The van der Waals surface area contributed by atoms with Crippen LogP contribution < -0.4 is 0 Å². The molecule has 0 N–H and O–H groups in total. The molecule has 0 aliphatic heterocycles. The zero-order valence-electron chi connectivity index (χ0n) is 9.05. The third kappa shape index (κ3) is 2.62. The maximum absolute atomic E-state index is 11.4. The van der Waals surface area contributed by atoms with Gasteiger partial charge in [0.15, 0.2) is 0 Å². The van der Waals surface area contributed by atoms with E-state index >= 15 is 0 Å². The zero-order valence-corrected chi connectivity index (χ0v) is 9.05. The van der Waals surface area contributed by atoms with Crippen LogP contribution in [0.4, 0.5) is 0 Å². The van der Waals surface area contributed by atoms with Gasteiger partial charge in [0, 0.05) is 6.92 Å². The van der Waals surface area contributed by atoms with Crippen molar-refractivity contribution >= 4 is 5.91 Å². The molecular formula is C13H12N2O. The topological polar surface area (TPSA) is 44.1 Å². The Morgan fingerprint density at radius 2 is 2.12 bits per heavy atom. The van der Waals surface area contributed by atoms with Gasteiger partial charge < -0.3 is 4.90 Å². The number of benzene rings is 1. The van der Waals surface area contributed by atoms with E-state index < -0.39 is 6.04 Å². The Labute approximate surface area is 95.3 Å². The average molecular weight is 212 g/mol. The molecule has 16 heavy (non-hydrogen) atoms. The minimum absolute atomic E-state index is 0.141. The van der Waals surface area contributed by atoms with Gasteiger partial charge in [0.05, 0.1) is 12.6 Å². The van der Waals surface area contributed by atoms with Gasteiger partial charge in [-0.2, -0.15) is 5.26 Å². The van der Waals surface area contributed by atoms with E-state index in [4.69, 9.17) is 11.7 Å². The van der Waals surface area contributed by atoms with Crippen LogP contribution in [0.15, 0.2) is 30.3 Å². The van der Waals surface area contributed by atoms with E-state index in [9.17, 15) is 4.79 Å². The van der Waals surface area contributed by atoms with Crippen molar-refractivity contribution in [2.75, 3.05) is 6.54 Å². The first-order chi connectivity index (χ1) is 7.70. The number of hydrogen-bond acceptors (Lipinski definition) is 2. The molecule has 1 atom stereocenters. The van der Waals surface area contributed by atoms with Crippen LogP contribution in [-0.4, -0.2) is 17.4 Å². The van der Waals surface area contributed by atoms with Crippen molar-refractivity contribution in [3.8, 4) is 18.4 Å². The van der Waals surface area contributed by atoms with E-state index in [-0.39, 0.29) is 12.5 Å². The van der Waals surface area contributed by atoms with Crippen LogP contribution in [0.1, 0.15) is 18.5 Å². The van der Waals surface area contributed by atoms with E-state index in [0.717, 1.165) is 5.56 Å². The smallest absolute Gasteiger partial charge is 0.221 e. The van der Waals surface area contributed by atoms with Crippen molar-refractivity contribution in [1.29, 1.82) is 5.26 Å².